The third-order valence-electron chi connectivity index (χ3n) is 2.61. The first-order valence-electron chi connectivity index (χ1n) is 6.03. The van der Waals surface area contributed by atoms with Gasteiger partial charge in [-0.2, -0.15) is 0 Å². The average Bonchev–Trinajstić information content (AvgIpc) is 2.34. The number of hydrogen-bond acceptors (Lipinski definition) is 6. The third kappa shape index (κ3) is 4.36. The molecular weight excluding hydrogens is 250 g/mol. The zero-order valence-corrected chi connectivity index (χ0v) is 11.4. The van der Waals surface area contributed by atoms with Crippen LogP contribution in [-0.4, -0.2) is 35.8 Å². The van der Waals surface area contributed by atoms with Crippen molar-refractivity contribution in [2.24, 2.45) is 0 Å². The molecule has 0 spiro atoms. The second-order valence-electron chi connectivity index (χ2n) is 4.11. The van der Waals surface area contributed by atoms with E-state index in [2.05, 4.69) is 9.97 Å². The van der Waals surface area contributed by atoms with Crippen molar-refractivity contribution in [2.45, 2.75) is 32.8 Å². The predicted molar refractivity (Wildman–Crippen MR) is 69.8 cm³/mol. The standard InChI is InChI=1S/C12H19N3O4/c1-4-19-10(16)6-8-11(13)14-9(15-12(8)17)5-7(2)18-3/h7H,4-6H2,1-3H3,(H3,13,14,15,17). The lowest BCUT2D eigenvalue weighted by atomic mass is 10.2. The van der Waals surface area contributed by atoms with Crippen LogP contribution in [0.25, 0.3) is 0 Å². The van der Waals surface area contributed by atoms with Gasteiger partial charge in [-0.1, -0.05) is 0 Å². The maximum absolute atomic E-state index is 11.8. The number of nitrogen functional groups attached to an aromatic ring is 1. The molecular formula is C12H19N3O4. The smallest absolute Gasteiger partial charge is 0.310 e. The largest absolute Gasteiger partial charge is 0.466 e. The minimum Gasteiger partial charge on any atom is -0.466 e. The molecule has 1 unspecified atom stereocenters. The predicted octanol–water partition coefficient (Wildman–Crippen LogP) is 0.0351. The maximum Gasteiger partial charge on any atom is 0.310 e. The highest BCUT2D eigenvalue weighted by Crippen LogP contribution is 2.07. The van der Waals surface area contributed by atoms with E-state index in [1.165, 1.54) is 0 Å². The van der Waals surface area contributed by atoms with Crippen molar-refractivity contribution in [3.8, 4) is 0 Å². The number of nitrogens with zero attached hydrogens (tertiary/aromatic N) is 1. The molecule has 0 aromatic carbocycles. The number of anilines is 1. The Morgan fingerprint density at radius 2 is 2.21 bits per heavy atom. The molecule has 0 amide bonds. The van der Waals surface area contributed by atoms with Crippen LogP contribution in [0.4, 0.5) is 5.82 Å². The summed E-state index contributed by atoms with van der Waals surface area (Å²) in [4.78, 5) is 29.9. The highest BCUT2D eigenvalue weighted by molar-refractivity contribution is 5.74. The van der Waals surface area contributed by atoms with Gasteiger partial charge < -0.3 is 20.2 Å². The zero-order chi connectivity index (χ0) is 14.4. The lowest BCUT2D eigenvalue weighted by molar-refractivity contribution is -0.142. The molecule has 3 N–H and O–H groups in total. The number of aromatic amines is 1. The monoisotopic (exact) mass is 269 g/mol. The highest BCUT2D eigenvalue weighted by Gasteiger charge is 2.15. The number of hydrogen-bond donors (Lipinski definition) is 2. The first-order valence-corrected chi connectivity index (χ1v) is 6.03. The molecule has 7 nitrogen and oxygen atoms in total. The third-order valence-corrected chi connectivity index (χ3v) is 2.61. The van der Waals surface area contributed by atoms with Gasteiger partial charge in [0.2, 0.25) is 0 Å². The summed E-state index contributed by atoms with van der Waals surface area (Å²) in [6, 6.07) is 0. The summed E-state index contributed by atoms with van der Waals surface area (Å²) < 4.78 is 9.86. The van der Waals surface area contributed by atoms with Gasteiger partial charge in [0, 0.05) is 13.5 Å². The molecule has 0 saturated heterocycles. The molecule has 19 heavy (non-hydrogen) atoms. The minimum absolute atomic E-state index is 0.0510. The topological polar surface area (TPSA) is 107 Å². The Hall–Kier alpha value is -1.89. The summed E-state index contributed by atoms with van der Waals surface area (Å²) in [6.07, 6.45) is 0.177. The van der Waals surface area contributed by atoms with E-state index in [1.807, 2.05) is 6.92 Å². The Balaban J connectivity index is 2.91. The summed E-state index contributed by atoms with van der Waals surface area (Å²) in [5.74, 6) is -0.0147. The Morgan fingerprint density at radius 3 is 2.74 bits per heavy atom. The van der Waals surface area contributed by atoms with E-state index < -0.39 is 11.5 Å². The van der Waals surface area contributed by atoms with Gasteiger partial charge in [0.25, 0.3) is 5.56 Å². The lowest BCUT2D eigenvalue weighted by Gasteiger charge is -2.10. The fourth-order valence-electron chi connectivity index (χ4n) is 1.54. The number of carbonyl (C=O) groups is 1. The molecule has 7 heteroatoms. The van der Waals surface area contributed by atoms with Crippen LogP contribution in [0.15, 0.2) is 4.79 Å². The van der Waals surface area contributed by atoms with Gasteiger partial charge in [-0.15, -0.1) is 0 Å². The molecule has 0 aliphatic carbocycles. The SMILES string of the molecule is CCOC(=O)Cc1c(N)nc(CC(C)OC)[nH]c1=O. The summed E-state index contributed by atoms with van der Waals surface area (Å²) in [5, 5.41) is 0. The van der Waals surface area contributed by atoms with E-state index >= 15 is 0 Å². The van der Waals surface area contributed by atoms with Gasteiger partial charge in [0.1, 0.15) is 11.6 Å². The normalized spacial score (nSPS) is 12.2. The number of nitrogens with one attached hydrogen (secondary N) is 1. The molecule has 1 rings (SSSR count). The van der Waals surface area contributed by atoms with E-state index in [1.54, 1.807) is 14.0 Å². The van der Waals surface area contributed by atoms with Gasteiger partial charge >= 0.3 is 5.97 Å². The number of ether oxygens (including phenoxy) is 2. The molecule has 0 aliphatic rings. The molecule has 1 heterocycles. The fraction of sp³-hybridized carbons (Fsp3) is 0.583. The molecule has 0 aliphatic heterocycles. The second-order valence-corrected chi connectivity index (χ2v) is 4.11. The highest BCUT2D eigenvalue weighted by atomic mass is 16.5. The van der Waals surface area contributed by atoms with Crippen molar-refractivity contribution < 1.29 is 14.3 Å². The first-order chi connectivity index (χ1) is 8.97. The molecule has 1 aromatic heterocycles. The zero-order valence-electron chi connectivity index (χ0n) is 11.4. The quantitative estimate of drug-likeness (QED) is 0.706. The van der Waals surface area contributed by atoms with E-state index in [9.17, 15) is 9.59 Å². The van der Waals surface area contributed by atoms with Gasteiger partial charge in [-0.25, -0.2) is 4.98 Å². The Morgan fingerprint density at radius 1 is 1.53 bits per heavy atom. The number of aromatic nitrogens is 2. The molecule has 106 valence electrons. The van der Waals surface area contributed by atoms with Crippen LogP contribution in [0.1, 0.15) is 25.2 Å². The molecule has 0 radical (unpaired) electrons. The summed E-state index contributed by atoms with van der Waals surface area (Å²) in [6.45, 7) is 3.80. The van der Waals surface area contributed by atoms with Crippen LogP contribution in [0.2, 0.25) is 0 Å². The van der Waals surface area contributed by atoms with Gasteiger partial charge in [0.15, 0.2) is 0 Å². The average molecular weight is 269 g/mol. The minimum atomic E-state index is -0.500. The van der Waals surface area contributed by atoms with Crippen molar-refractivity contribution >= 4 is 11.8 Å². The van der Waals surface area contributed by atoms with Gasteiger partial charge in [-0.3, -0.25) is 9.59 Å². The second kappa shape index (κ2) is 6.89. The lowest BCUT2D eigenvalue weighted by Crippen LogP contribution is -2.24. The molecule has 0 saturated carbocycles. The summed E-state index contributed by atoms with van der Waals surface area (Å²) in [5.41, 5.74) is 5.42. The van der Waals surface area contributed by atoms with E-state index in [4.69, 9.17) is 15.2 Å². The fourth-order valence-corrected chi connectivity index (χ4v) is 1.54. The molecule has 0 bridgehead atoms. The number of esters is 1. The van der Waals surface area contributed by atoms with Crippen molar-refractivity contribution in [1.29, 1.82) is 0 Å². The van der Waals surface area contributed by atoms with Crippen molar-refractivity contribution in [3.63, 3.8) is 0 Å². The van der Waals surface area contributed by atoms with Gasteiger partial charge in [0.05, 0.1) is 24.7 Å². The molecule has 1 aromatic rings. The van der Waals surface area contributed by atoms with Crippen LogP contribution in [0, 0.1) is 0 Å². The van der Waals surface area contributed by atoms with Crippen molar-refractivity contribution in [3.05, 3.63) is 21.7 Å². The Kier molecular flexibility index (Phi) is 5.50. The van der Waals surface area contributed by atoms with Crippen LogP contribution in [0.3, 0.4) is 0 Å². The number of nitrogens with two attached hydrogens (primary N) is 1. The summed E-state index contributed by atoms with van der Waals surface area (Å²) >= 11 is 0. The van der Waals surface area contributed by atoms with Crippen LogP contribution in [-0.2, 0) is 27.1 Å². The first kappa shape index (κ1) is 15.2. The van der Waals surface area contributed by atoms with Gasteiger partial charge in [-0.05, 0) is 13.8 Å². The maximum atomic E-state index is 11.8. The Bertz CT molecular complexity index is 498. The summed E-state index contributed by atoms with van der Waals surface area (Å²) in [7, 11) is 1.57. The van der Waals surface area contributed by atoms with E-state index in [0.717, 1.165) is 0 Å². The number of H-pyrrole nitrogens is 1. The van der Waals surface area contributed by atoms with Crippen molar-refractivity contribution in [2.75, 3.05) is 19.5 Å². The number of carbonyl (C=O) groups excluding carboxylic acids is 1. The number of methoxy groups -OCH3 is 1. The molecule has 0 fully saturated rings. The van der Waals surface area contributed by atoms with Crippen LogP contribution in [0.5, 0.6) is 0 Å². The van der Waals surface area contributed by atoms with Crippen LogP contribution >= 0.6 is 0 Å². The van der Waals surface area contributed by atoms with E-state index in [0.29, 0.717) is 12.2 Å². The van der Waals surface area contributed by atoms with Crippen molar-refractivity contribution in [1.82, 2.24) is 9.97 Å². The van der Waals surface area contributed by atoms with E-state index in [-0.39, 0.29) is 30.5 Å². The number of rotatable bonds is 6. The molecule has 1 atom stereocenters. The Labute approximate surface area is 111 Å². The van der Waals surface area contributed by atoms with Crippen LogP contribution < -0.4 is 11.3 Å².